The number of nitrogens with zero attached hydrogens (tertiary/aromatic N) is 2. The summed E-state index contributed by atoms with van der Waals surface area (Å²) < 4.78 is 34.9. The number of nitrogens with one attached hydrogen (secondary N) is 1. The Morgan fingerprint density at radius 2 is 1.59 bits per heavy atom. The van der Waals surface area contributed by atoms with E-state index < -0.39 is 28.5 Å². The van der Waals surface area contributed by atoms with Crippen molar-refractivity contribution in [2.45, 2.75) is 31.3 Å². The highest BCUT2D eigenvalue weighted by Crippen LogP contribution is 2.32. The molecule has 0 heterocycles. The molecule has 0 fully saturated rings. The van der Waals surface area contributed by atoms with Crippen LogP contribution < -0.4 is 14.4 Å². The van der Waals surface area contributed by atoms with E-state index in [0.717, 1.165) is 14.3 Å². The first-order valence-electron chi connectivity index (χ1n) is 11.7. The number of anilines is 1. The molecule has 0 spiro atoms. The molecule has 0 aliphatic heterocycles. The molecule has 3 aromatic rings. The number of hydrogen-bond acceptors (Lipinski definition) is 5. The predicted octanol–water partition coefficient (Wildman–Crippen LogP) is 4.21. The van der Waals surface area contributed by atoms with Gasteiger partial charge in [-0.05, 0) is 55.8 Å². The largest absolute Gasteiger partial charge is 0.495 e. The highest BCUT2D eigenvalue weighted by Gasteiger charge is 2.33. The third-order valence-corrected chi connectivity index (χ3v) is 8.05. The van der Waals surface area contributed by atoms with Crippen LogP contribution in [0.1, 0.15) is 19.4 Å². The molecule has 0 saturated carbocycles. The van der Waals surface area contributed by atoms with Crippen molar-refractivity contribution in [1.29, 1.82) is 0 Å². The molecule has 0 bridgehead atoms. The number of halogens is 1. The van der Waals surface area contributed by atoms with Gasteiger partial charge in [0.05, 0.1) is 17.7 Å². The molecule has 0 unspecified atom stereocenters. The molecule has 1 N–H and O–H groups in total. The Kier molecular flexibility index (Phi) is 9.71. The van der Waals surface area contributed by atoms with Gasteiger partial charge < -0.3 is 15.0 Å². The molecule has 1 atom stereocenters. The van der Waals surface area contributed by atoms with Gasteiger partial charge in [-0.25, -0.2) is 8.42 Å². The number of methoxy groups -OCH3 is 1. The molecular formula is C27H30BrN3O5S. The Hall–Kier alpha value is -3.37. The number of carbonyl (C=O) groups is 2. The first kappa shape index (κ1) is 28.2. The number of hydrogen-bond donors (Lipinski definition) is 1. The minimum Gasteiger partial charge on any atom is -0.495 e. The van der Waals surface area contributed by atoms with Crippen LogP contribution in [0.5, 0.6) is 5.75 Å². The van der Waals surface area contributed by atoms with Crippen LogP contribution >= 0.6 is 15.9 Å². The predicted molar refractivity (Wildman–Crippen MR) is 147 cm³/mol. The zero-order valence-corrected chi connectivity index (χ0v) is 23.3. The summed E-state index contributed by atoms with van der Waals surface area (Å²) in [4.78, 5) is 28.0. The normalized spacial score (nSPS) is 11.9. The van der Waals surface area contributed by atoms with Crippen LogP contribution in [0.25, 0.3) is 0 Å². The zero-order valence-electron chi connectivity index (χ0n) is 20.9. The molecule has 0 aromatic heterocycles. The minimum atomic E-state index is -4.15. The van der Waals surface area contributed by atoms with Crippen LogP contribution in [0, 0.1) is 0 Å². The van der Waals surface area contributed by atoms with Gasteiger partial charge in [-0.15, -0.1) is 0 Å². The van der Waals surface area contributed by atoms with Crippen molar-refractivity contribution < 1.29 is 22.7 Å². The molecule has 2 amide bonds. The van der Waals surface area contributed by atoms with Gasteiger partial charge in [0, 0.05) is 17.6 Å². The van der Waals surface area contributed by atoms with Crippen molar-refractivity contribution in [1.82, 2.24) is 10.2 Å². The second-order valence-electron chi connectivity index (χ2n) is 8.22. The van der Waals surface area contributed by atoms with Crippen molar-refractivity contribution in [3.63, 3.8) is 0 Å². The maximum absolute atomic E-state index is 13.8. The molecule has 0 aliphatic carbocycles. The number of rotatable bonds is 11. The van der Waals surface area contributed by atoms with Gasteiger partial charge in [-0.2, -0.15) is 0 Å². The smallest absolute Gasteiger partial charge is 0.264 e. The van der Waals surface area contributed by atoms with Crippen LogP contribution in [-0.2, 0) is 26.2 Å². The maximum Gasteiger partial charge on any atom is 0.264 e. The molecule has 8 nitrogen and oxygen atoms in total. The summed E-state index contributed by atoms with van der Waals surface area (Å²) in [6.07, 6.45) is 0. The molecule has 3 aromatic carbocycles. The first-order valence-corrected chi connectivity index (χ1v) is 13.9. The van der Waals surface area contributed by atoms with Gasteiger partial charge in [0.1, 0.15) is 18.3 Å². The van der Waals surface area contributed by atoms with E-state index in [1.54, 1.807) is 56.3 Å². The van der Waals surface area contributed by atoms with Crippen molar-refractivity contribution >= 4 is 43.5 Å². The fourth-order valence-electron chi connectivity index (χ4n) is 3.76. The summed E-state index contributed by atoms with van der Waals surface area (Å²) in [5, 5.41) is 2.74. The standard InChI is InChI=1S/C27H30BrN3O5S/c1-4-29-27(33)20(2)30(18-21-14-16-22(28)17-15-21)26(32)19-31(24-12-8-9-13-25(24)36-3)37(34,35)23-10-6-5-7-11-23/h5-17,20H,4,18-19H2,1-3H3,(H,29,33)/t20-/m0/s1. The lowest BCUT2D eigenvalue weighted by Crippen LogP contribution is -2.51. The molecule has 196 valence electrons. The van der Waals surface area contributed by atoms with Gasteiger partial charge in [0.2, 0.25) is 11.8 Å². The lowest BCUT2D eigenvalue weighted by Gasteiger charge is -2.32. The van der Waals surface area contributed by atoms with E-state index in [1.165, 1.54) is 24.1 Å². The van der Waals surface area contributed by atoms with E-state index in [9.17, 15) is 18.0 Å². The third-order valence-electron chi connectivity index (χ3n) is 5.75. The van der Waals surface area contributed by atoms with Gasteiger partial charge in [-0.1, -0.05) is 58.4 Å². The second-order valence-corrected chi connectivity index (χ2v) is 11.0. The Labute approximate surface area is 226 Å². The summed E-state index contributed by atoms with van der Waals surface area (Å²) in [6.45, 7) is 3.41. The third kappa shape index (κ3) is 6.90. The van der Waals surface area contributed by atoms with E-state index in [1.807, 2.05) is 24.3 Å². The zero-order chi connectivity index (χ0) is 27.0. The van der Waals surface area contributed by atoms with Crippen LogP contribution in [0.4, 0.5) is 5.69 Å². The SMILES string of the molecule is CCNC(=O)[C@H](C)N(Cc1ccc(Br)cc1)C(=O)CN(c1ccccc1OC)S(=O)(=O)c1ccccc1. The summed E-state index contributed by atoms with van der Waals surface area (Å²) in [5.41, 5.74) is 1.01. The highest BCUT2D eigenvalue weighted by molar-refractivity contribution is 9.10. The average Bonchev–Trinajstić information content (AvgIpc) is 2.91. The quantitative estimate of drug-likeness (QED) is 0.362. The molecular weight excluding hydrogens is 558 g/mol. The Bertz CT molecular complexity index is 1320. The number of para-hydroxylation sites is 2. The highest BCUT2D eigenvalue weighted by atomic mass is 79.9. The molecule has 0 radical (unpaired) electrons. The number of sulfonamides is 1. The summed E-state index contributed by atoms with van der Waals surface area (Å²) >= 11 is 3.40. The van der Waals surface area contributed by atoms with Crippen LogP contribution in [0.3, 0.4) is 0 Å². The second kappa shape index (κ2) is 12.7. The molecule has 0 saturated heterocycles. The monoisotopic (exact) mass is 587 g/mol. The minimum absolute atomic E-state index is 0.0324. The van der Waals surface area contributed by atoms with E-state index >= 15 is 0 Å². The van der Waals surface area contributed by atoms with Crippen molar-refractivity contribution in [3.8, 4) is 5.75 Å². The topological polar surface area (TPSA) is 96.0 Å². The number of ether oxygens (including phenoxy) is 1. The number of benzene rings is 3. The lowest BCUT2D eigenvalue weighted by atomic mass is 10.1. The fourth-order valence-corrected chi connectivity index (χ4v) is 5.47. The number of carbonyl (C=O) groups excluding carboxylic acids is 2. The number of likely N-dealkylation sites (N-methyl/N-ethyl adjacent to an activating group) is 1. The average molecular weight is 589 g/mol. The van der Waals surface area contributed by atoms with Crippen molar-refractivity contribution in [2.75, 3.05) is 24.5 Å². The Morgan fingerprint density at radius 3 is 2.22 bits per heavy atom. The molecule has 0 aliphatic rings. The van der Waals surface area contributed by atoms with E-state index in [0.29, 0.717) is 12.3 Å². The Morgan fingerprint density at radius 1 is 0.973 bits per heavy atom. The van der Waals surface area contributed by atoms with Gasteiger partial charge >= 0.3 is 0 Å². The van der Waals surface area contributed by atoms with Crippen LogP contribution in [0.2, 0.25) is 0 Å². The first-order chi connectivity index (χ1) is 17.7. The van der Waals surface area contributed by atoms with Crippen LogP contribution in [0.15, 0.2) is 88.2 Å². The summed E-state index contributed by atoms with van der Waals surface area (Å²) in [6, 6.07) is 21.0. The van der Waals surface area contributed by atoms with E-state index in [-0.39, 0.29) is 23.0 Å². The lowest BCUT2D eigenvalue weighted by molar-refractivity contribution is -0.139. The van der Waals surface area contributed by atoms with Crippen molar-refractivity contribution in [2.24, 2.45) is 0 Å². The van der Waals surface area contributed by atoms with Crippen LogP contribution in [-0.4, -0.2) is 51.4 Å². The summed E-state index contributed by atoms with van der Waals surface area (Å²) in [7, 11) is -2.72. The molecule has 10 heteroatoms. The maximum atomic E-state index is 13.8. The number of amides is 2. The Balaban J connectivity index is 2.05. The van der Waals surface area contributed by atoms with Gasteiger partial charge in [0.15, 0.2) is 0 Å². The molecule has 37 heavy (non-hydrogen) atoms. The van der Waals surface area contributed by atoms with Gasteiger partial charge in [0.25, 0.3) is 10.0 Å². The molecule has 3 rings (SSSR count). The fraction of sp³-hybridized carbons (Fsp3) is 0.259. The van der Waals surface area contributed by atoms with E-state index in [2.05, 4.69) is 21.2 Å². The summed E-state index contributed by atoms with van der Waals surface area (Å²) in [5.74, 6) is -0.569. The van der Waals surface area contributed by atoms with E-state index in [4.69, 9.17) is 4.74 Å². The van der Waals surface area contributed by atoms with Crippen molar-refractivity contribution in [3.05, 3.63) is 88.9 Å². The van der Waals surface area contributed by atoms with Gasteiger partial charge in [-0.3, -0.25) is 13.9 Å².